The van der Waals surface area contributed by atoms with Crippen LogP contribution in [0.4, 0.5) is 5.69 Å². The van der Waals surface area contributed by atoms with Gasteiger partial charge in [-0.3, -0.25) is 14.5 Å². The molecule has 1 fully saturated rings. The van der Waals surface area contributed by atoms with Crippen LogP contribution in [0.1, 0.15) is 19.8 Å². The number of nitrogens with one attached hydrogen (secondary N) is 1. The van der Waals surface area contributed by atoms with Crippen molar-refractivity contribution >= 4 is 29.2 Å². The molecule has 0 radical (unpaired) electrons. The Kier molecular flexibility index (Phi) is 6.21. The van der Waals surface area contributed by atoms with E-state index in [1.54, 1.807) is 19.1 Å². The third-order valence-corrected chi connectivity index (χ3v) is 3.97. The fourth-order valence-corrected chi connectivity index (χ4v) is 2.79. The van der Waals surface area contributed by atoms with E-state index >= 15 is 0 Å². The molecule has 2 rings (SSSR count). The molecule has 0 bridgehead atoms. The van der Waals surface area contributed by atoms with Crippen molar-refractivity contribution in [2.24, 2.45) is 5.92 Å². The van der Waals surface area contributed by atoms with Crippen LogP contribution in [0.3, 0.4) is 0 Å². The number of esters is 1. The second kappa shape index (κ2) is 8.15. The van der Waals surface area contributed by atoms with Gasteiger partial charge in [-0.05, 0) is 38.4 Å². The molecular formula is C16H21ClN2O3. The van der Waals surface area contributed by atoms with Crippen molar-refractivity contribution in [1.29, 1.82) is 0 Å². The molecule has 1 saturated heterocycles. The average Bonchev–Trinajstić information content (AvgIpc) is 2.50. The number of anilines is 1. The number of carbonyl (C=O) groups is 2. The maximum absolute atomic E-state index is 12.1. The summed E-state index contributed by atoms with van der Waals surface area (Å²) >= 11 is 6.02. The summed E-state index contributed by atoms with van der Waals surface area (Å²) in [4.78, 5) is 25.9. The number of hydrogen-bond acceptors (Lipinski definition) is 4. The summed E-state index contributed by atoms with van der Waals surface area (Å²) in [5.41, 5.74) is 0.605. The van der Waals surface area contributed by atoms with E-state index in [1.807, 2.05) is 17.0 Å². The lowest BCUT2D eigenvalue weighted by Crippen LogP contribution is -2.43. The number of piperidine rings is 1. The van der Waals surface area contributed by atoms with Crippen molar-refractivity contribution < 1.29 is 14.3 Å². The average molecular weight is 325 g/mol. The van der Waals surface area contributed by atoms with Crippen molar-refractivity contribution in [3.8, 4) is 0 Å². The van der Waals surface area contributed by atoms with Crippen LogP contribution in [0.2, 0.25) is 5.02 Å². The van der Waals surface area contributed by atoms with Crippen molar-refractivity contribution in [3.63, 3.8) is 0 Å². The molecule has 0 aliphatic carbocycles. The van der Waals surface area contributed by atoms with E-state index < -0.39 is 0 Å². The lowest BCUT2D eigenvalue weighted by atomic mass is 9.98. The van der Waals surface area contributed by atoms with Crippen LogP contribution >= 0.6 is 11.6 Å². The number of rotatable bonds is 5. The number of halogens is 1. The van der Waals surface area contributed by atoms with E-state index in [9.17, 15) is 9.59 Å². The molecule has 6 heteroatoms. The molecule has 1 amide bonds. The smallest absolute Gasteiger partial charge is 0.310 e. The third-order valence-electron chi connectivity index (χ3n) is 3.64. The Labute approximate surface area is 135 Å². The van der Waals surface area contributed by atoms with Crippen LogP contribution in [0, 0.1) is 5.92 Å². The highest BCUT2D eigenvalue weighted by Crippen LogP contribution is 2.21. The lowest BCUT2D eigenvalue weighted by molar-refractivity contribution is -0.150. The largest absolute Gasteiger partial charge is 0.466 e. The van der Waals surface area contributed by atoms with Gasteiger partial charge < -0.3 is 10.1 Å². The molecule has 1 atom stereocenters. The van der Waals surface area contributed by atoms with Crippen LogP contribution in [0.25, 0.3) is 0 Å². The Morgan fingerprint density at radius 1 is 1.41 bits per heavy atom. The van der Waals surface area contributed by atoms with E-state index in [0.717, 1.165) is 19.4 Å². The Bertz CT molecular complexity index is 536. The first kappa shape index (κ1) is 16.8. The molecule has 1 N–H and O–H groups in total. The molecule has 0 spiro atoms. The van der Waals surface area contributed by atoms with E-state index in [4.69, 9.17) is 16.3 Å². The standard InChI is InChI=1S/C16H21ClN2O3/c1-2-22-16(21)12-6-5-9-19(10-12)11-15(20)18-14-8-4-3-7-13(14)17/h3-4,7-8,12H,2,5-6,9-11H2,1H3,(H,18,20). The Morgan fingerprint density at radius 3 is 2.91 bits per heavy atom. The molecule has 0 saturated carbocycles. The minimum absolute atomic E-state index is 0.127. The molecule has 5 nitrogen and oxygen atoms in total. The van der Waals surface area contributed by atoms with Gasteiger partial charge in [0.1, 0.15) is 0 Å². The highest BCUT2D eigenvalue weighted by molar-refractivity contribution is 6.33. The van der Waals surface area contributed by atoms with E-state index in [2.05, 4.69) is 5.32 Å². The molecule has 1 heterocycles. The Balaban J connectivity index is 1.86. The van der Waals surface area contributed by atoms with Crippen LogP contribution < -0.4 is 5.32 Å². The minimum atomic E-state index is -0.168. The van der Waals surface area contributed by atoms with Gasteiger partial charge in [-0.2, -0.15) is 0 Å². The molecule has 22 heavy (non-hydrogen) atoms. The number of para-hydroxylation sites is 1. The lowest BCUT2D eigenvalue weighted by Gasteiger charge is -2.30. The summed E-state index contributed by atoms with van der Waals surface area (Å²) in [5.74, 6) is -0.432. The van der Waals surface area contributed by atoms with Crippen molar-refractivity contribution in [2.45, 2.75) is 19.8 Å². The maximum Gasteiger partial charge on any atom is 0.310 e. The van der Waals surface area contributed by atoms with Gasteiger partial charge in [0, 0.05) is 6.54 Å². The van der Waals surface area contributed by atoms with Gasteiger partial charge in [0.05, 0.1) is 29.8 Å². The fraction of sp³-hybridized carbons (Fsp3) is 0.500. The first-order valence-corrected chi connectivity index (χ1v) is 7.91. The van der Waals surface area contributed by atoms with Gasteiger partial charge in [0.15, 0.2) is 0 Å². The van der Waals surface area contributed by atoms with E-state index in [1.165, 1.54) is 0 Å². The number of ether oxygens (including phenoxy) is 1. The molecular weight excluding hydrogens is 304 g/mol. The predicted octanol–water partition coefficient (Wildman–Crippen LogP) is 2.55. The van der Waals surface area contributed by atoms with E-state index in [0.29, 0.717) is 23.9 Å². The monoisotopic (exact) mass is 324 g/mol. The van der Waals surface area contributed by atoms with E-state index in [-0.39, 0.29) is 24.3 Å². The highest BCUT2D eigenvalue weighted by atomic mass is 35.5. The van der Waals surface area contributed by atoms with Crippen LogP contribution in [0.15, 0.2) is 24.3 Å². The second-order valence-corrected chi connectivity index (χ2v) is 5.76. The number of carbonyl (C=O) groups excluding carboxylic acids is 2. The fourth-order valence-electron chi connectivity index (χ4n) is 2.61. The molecule has 120 valence electrons. The number of nitrogens with zero attached hydrogens (tertiary/aromatic N) is 1. The van der Waals surface area contributed by atoms with Crippen molar-refractivity contribution in [3.05, 3.63) is 29.3 Å². The minimum Gasteiger partial charge on any atom is -0.466 e. The summed E-state index contributed by atoms with van der Waals surface area (Å²) in [7, 11) is 0. The third kappa shape index (κ3) is 4.71. The maximum atomic E-state index is 12.1. The topological polar surface area (TPSA) is 58.6 Å². The zero-order valence-electron chi connectivity index (χ0n) is 12.7. The summed E-state index contributed by atoms with van der Waals surface area (Å²) in [6, 6.07) is 7.12. The quantitative estimate of drug-likeness (QED) is 0.846. The normalized spacial score (nSPS) is 18.7. The Hall–Kier alpha value is -1.59. The van der Waals surface area contributed by atoms with Gasteiger partial charge in [-0.25, -0.2) is 0 Å². The van der Waals surface area contributed by atoms with Crippen LogP contribution in [-0.2, 0) is 14.3 Å². The summed E-state index contributed by atoms with van der Waals surface area (Å²) in [5, 5.41) is 3.31. The highest BCUT2D eigenvalue weighted by Gasteiger charge is 2.27. The van der Waals surface area contributed by atoms with Crippen molar-refractivity contribution in [1.82, 2.24) is 4.90 Å². The van der Waals surface area contributed by atoms with Gasteiger partial charge in [-0.1, -0.05) is 23.7 Å². The summed E-state index contributed by atoms with van der Waals surface area (Å²) in [6.07, 6.45) is 1.71. The molecule has 1 unspecified atom stereocenters. The van der Waals surface area contributed by atoms with Gasteiger partial charge in [0.2, 0.25) is 5.91 Å². The zero-order valence-corrected chi connectivity index (χ0v) is 13.4. The second-order valence-electron chi connectivity index (χ2n) is 5.35. The van der Waals surface area contributed by atoms with Gasteiger partial charge >= 0.3 is 5.97 Å². The molecule has 1 aliphatic rings. The molecule has 1 aliphatic heterocycles. The zero-order chi connectivity index (χ0) is 15.9. The number of hydrogen-bond donors (Lipinski definition) is 1. The first-order chi connectivity index (χ1) is 10.6. The van der Waals surface area contributed by atoms with Crippen molar-refractivity contribution in [2.75, 3.05) is 31.6 Å². The predicted molar refractivity (Wildman–Crippen MR) is 85.9 cm³/mol. The Morgan fingerprint density at radius 2 is 2.18 bits per heavy atom. The molecule has 1 aromatic rings. The molecule has 1 aromatic carbocycles. The number of likely N-dealkylation sites (tertiary alicyclic amines) is 1. The van der Waals surface area contributed by atoms with Gasteiger partial charge in [0.25, 0.3) is 0 Å². The first-order valence-electron chi connectivity index (χ1n) is 7.53. The summed E-state index contributed by atoms with van der Waals surface area (Å²) < 4.78 is 5.06. The number of amides is 1. The van der Waals surface area contributed by atoms with Crippen LogP contribution in [0.5, 0.6) is 0 Å². The summed E-state index contributed by atoms with van der Waals surface area (Å²) in [6.45, 7) is 3.82. The molecule has 0 aromatic heterocycles. The number of benzene rings is 1. The van der Waals surface area contributed by atoms with Gasteiger partial charge in [-0.15, -0.1) is 0 Å². The van der Waals surface area contributed by atoms with Crippen LogP contribution in [-0.4, -0.2) is 43.0 Å². The SMILES string of the molecule is CCOC(=O)C1CCCN(CC(=O)Nc2ccccc2Cl)C1.